The van der Waals surface area contributed by atoms with Crippen LogP contribution in [0.1, 0.15) is 81.5 Å². The van der Waals surface area contributed by atoms with E-state index in [-0.39, 0.29) is 25.2 Å². The highest BCUT2D eigenvalue weighted by Crippen LogP contribution is 2.47. The average molecular weight is 523 g/mol. The van der Waals surface area contributed by atoms with Crippen LogP contribution in [0.15, 0.2) is 42.5 Å². The van der Waals surface area contributed by atoms with Crippen molar-refractivity contribution in [3.8, 4) is 11.5 Å². The van der Waals surface area contributed by atoms with Gasteiger partial charge in [-0.1, -0.05) is 70.4 Å². The van der Waals surface area contributed by atoms with Crippen molar-refractivity contribution in [2.24, 2.45) is 5.92 Å². The van der Waals surface area contributed by atoms with Gasteiger partial charge in [-0.15, -0.1) is 0 Å². The largest absolute Gasteiger partial charge is 0.481 e. The van der Waals surface area contributed by atoms with E-state index in [4.69, 9.17) is 9.47 Å². The van der Waals surface area contributed by atoms with E-state index in [9.17, 15) is 14.7 Å². The maximum atomic E-state index is 13.6. The normalized spacial score (nSPS) is 20.6. The molecule has 206 valence electrons. The zero-order chi connectivity index (χ0) is 27.1. The average Bonchev–Trinajstić information content (AvgIpc) is 3.54. The highest BCUT2D eigenvalue weighted by atomic mass is 16.7. The summed E-state index contributed by atoms with van der Waals surface area (Å²) in [6.07, 6.45) is 6.03. The van der Waals surface area contributed by atoms with Crippen LogP contribution in [0.25, 0.3) is 0 Å². The van der Waals surface area contributed by atoms with Crippen LogP contribution in [-0.2, 0) is 16.0 Å². The molecule has 0 unspecified atom stereocenters. The van der Waals surface area contributed by atoms with Crippen LogP contribution in [0.3, 0.4) is 0 Å². The molecule has 0 aliphatic carbocycles. The molecule has 2 aliphatic rings. The number of amides is 1. The monoisotopic (exact) mass is 522 g/mol. The van der Waals surface area contributed by atoms with Gasteiger partial charge in [0.15, 0.2) is 11.5 Å². The van der Waals surface area contributed by atoms with E-state index in [2.05, 4.69) is 49.9 Å². The molecule has 1 amide bonds. The summed E-state index contributed by atoms with van der Waals surface area (Å²) in [5.74, 6) is -0.424. The lowest BCUT2D eigenvalue weighted by Gasteiger charge is -2.30. The second kappa shape index (κ2) is 13.1. The second-order valence-electron chi connectivity index (χ2n) is 10.5. The quantitative estimate of drug-likeness (QED) is 0.367. The van der Waals surface area contributed by atoms with Gasteiger partial charge >= 0.3 is 5.97 Å². The number of hydrogen-bond donors (Lipinski definition) is 1. The van der Waals surface area contributed by atoms with Gasteiger partial charge in [-0.25, -0.2) is 0 Å². The van der Waals surface area contributed by atoms with Crippen molar-refractivity contribution >= 4 is 11.9 Å². The predicted molar refractivity (Wildman–Crippen MR) is 148 cm³/mol. The zero-order valence-electron chi connectivity index (χ0n) is 23.0. The van der Waals surface area contributed by atoms with Gasteiger partial charge in [0.25, 0.3) is 0 Å². The van der Waals surface area contributed by atoms with Crippen LogP contribution in [0.4, 0.5) is 0 Å². The molecule has 7 nitrogen and oxygen atoms in total. The highest BCUT2D eigenvalue weighted by Gasteiger charge is 2.48. The minimum atomic E-state index is -0.848. The van der Waals surface area contributed by atoms with Crippen LogP contribution in [0.2, 0.25) is 0 Å². The van der Waals surface area contributed by atoms with Crippen LogP contribution in [-0.4, -0.2) is 59.8 Å². The molecule has 2 aromatic rings. The van der Waals surface area contributed by atoms with E-state index in [1.165, 1.54) is 5.56 Å². The molecule has 2 heterocycles. The molecule has 0 spiro atoms. The standard InChI is InChI=1S/C31H42N2O5/c1-4-7-16-32(17-8-5-2)28(34)20-33-19-25(24-14-15-26-27(18-24)38-21-37-26)29(31(35)36)30(33)23-12-10-22(9-6-3)11-13-23/h10-15,18,25,29-30H,4-9,16-17,19-21H2,1-3H3,(H,35,36)/t25-,29-,30+/m0/s1. The summed E-state index contributed by atoms with van der Waals surface area (Å²) in [7, 11) is 0. The summed E-state index contributed by atoms with van der Waals surface area (Å²) in [6.45, 7) is 8.77. The third kappa shape index (κ3) is 6.32. The van der Waals surface area contributed by atoms with Gasteiger partial charge in [-0.2, -0.15) is 0 Å². The van der Waals surface area contributed by atoms with E-state index < -0.39 is 17.9 Å². The number of carboxylic acid groups (broad SMARTS) is 1. The van der Waals surface area contributed by atoms with E-state index in [1.807, 2.05) is 23.1 Å². The molecule has 0 aromatic heterocycles. The number of aliphatic carboxylic acids is 1. The molecule has 0 saturated carbocycles. The minimum absolute atomic E-state index is 0.0787. The Balaban J connectivity index is 1.67. The lowest BCUT2D eigenvalue weighted by atomic mass is 9.82. The molecule has 1 fully saturated rings. The Kier molecular flexibility index (Phi) is 9.67. The molecule has 2 aromatic carbocycles. The zero-order valence-corrected chi connectivity index (χ0v) is 23.0. The lowest BCUT2D eigenvalue weighted by molar-refractivity contribution is -0.144. The first-order chi connectivity index (χ1) is 18.5. The molecule has 1 saturated heterocycles. The number of aryl methyl sites for hydroxylation is 1. The van der Waals surface area contributed by atoms with Crippen molar-refractivity contribution in [2.75, 3.05) is 33.0 Å². The van der Waals surface area contributed by atoms with Crippen LogP contribution in [0, 0.1) is 5.92 Å². The summed E-state index contributed by atoms with van der Waals surface area (Å²) in [5, 5.41) is 10.5. The Morgan fingerprint density at radius 3 is 2.21 bits per heavy atom. The summed E-state index contributed by atoms with van der Waals surface area (Å²) >= 11 is 0. The van der Waals surface area contributed by atoms with Crippen molar-refractivity contribution in [1.82, 2.24) is 9.80 Å². The Hall–Kier alpha value is -3.06. The SMILES string of the molecule is CCCCN(CCCC)C(=O)CN1C[C@@H](c2ccc3c(c2)OCO3)[C@H](C(=O)O)[C@H]1c1ccc(CCC)cc1. The summed E-state index contributed by atoms with van der Waals surface area (Å²) in [4.78, 5) is 30.5. The molecular weight excluding hydrogens is 480 g/mol. The number of carbonyl (C=O) groups is 2. The maximum absolute atomic E-state index is 13.6. The molecule has 1 N–H and O–H groups in total. The minimum Gasteiger partial charge on any atom is -0.481 e. The third-order valence-corrected chi connectivity index (χ3v) is 7.82. The number of unbranched alkanes of at least 4 members (excludes halogenated alkanes) is 2. The Bertz CT molecular complexity index is 1080. The fourth-order valence-corrected chi connectivity index (χ4v) is 5.77. The number of hydrogen-bond acceptors (Lipinski definition) is 5. The van der Waals surface area contributed by atoms with Gasteiger partial charge in [0.1, 0.15) is 0 Å². The smallest absolute Gasteiger partial charge is 0.309 e. The summed E-state index contributed by atoms with van der Waals surface area (Å²) in [5.41, 5.74) is 3.08. The van der Waals surface area contributed by atoms with Gasteiger partial charge < -0.3 is 19.5 Å². The number of fused-ring (bicyclic) bond motifs is 1. The number of carboxylic acids is 1. The van der Waals surface area contributed by atoms with Crippen molar-refractivity contribution < 1.29 is 24.2 Å². The molecule has 0 radical (unpaired) electrons. The van der Waals surface area contributed by atoms with E-state index in [1.54, 1.807) is 0 Å². The van der Waals surface area contributed by atoms with Crippen molar-refractivity contribution in [3.63, 3.8) is 0 Å². The number of benzene rings is 2. The number of carbonyl (C=O) groups excluding carboxylic acids is 1. The third-order valence-electron chi connectivity index (χ3n) is 7.82. The molecular formula is C31H42N2O5. The Morgan fingerprint density at radius 2 is 1.58 bits per heavy atom. The van der Waals surface area contributed by atoms with Gasteiger partial charge in [-0.05, 0) is 48.1 Å². The Morgan fingerprint density at radius 1 is 0.921 bits per heavy atom. The molecule has 2 aliphatic heterocycles. The molecule has 4 rings (SSSR count). The van der Waals surface area contributed by atoms with E-state index >= 15 is 0 Å². The van der Waals surface area contributed by atoms with Crippen molar-refractivity contribution in [1.29, 1.82) is 0 Å². The first-order valence-electron chi connectivity index (χ1n) is 14.2. The molecule has 38 heavy (non-hydrogen) atoms. The van der Waals surface area contributed by atoms with Gasteiger partial charge in [0.2, 0.25) is 12.7 Å². The maximum Gasteiger partial charge on any atom is 0.309 e. The summed E-state index contributed by atoms with van der Waals surface area (Å²) in [6, 6.07) is 13.6. The number of likely N-dealkylation sites (tertiary alicyclic amines) is 1. The van der Waals surface area contributed by atoms with Gasteiger partial charge in [0, 0.05) is 31.6 Å². The first kappa shape index (κ1) is 28.0. The van der Waals surface area contributed by atoms with E-state index in [0.717, 1.165) is 62.7 Å². The Labute approximate surface area is 226 Å². The number of nitrogens with zero attached hydrogens (tertiary/aromatic N) is 2. The first-order valence-corrected chi connectivity index (χ1v) is 14.2. The summed E-state index contributed by atoms with van der Waals surface area (Å²) < 4.78 is 11.1. The van der Waals surface area contributed by atoms with Gasteiger partial charge in [0.05, 0.1) is 12.5 Å². The van der Waals surface area contributed by atoms with Crippen LogP contribution in [0.5, 0.6) is 11.5 Å². The molecule has 0 bridgehead atoms. The van der Waals surface area contributed by atoms with Crippen LogP contribution < -0.4 is 9.47 Å². The number of ether oxygens (including phenoxy) is 2. The number of rotatable bonds is 13. The predicted octanol–water partition coefficient (Wildman–Crippen LogP) is 5.64. The highest BCUT2D eigenvalue weighted by molar-refractivity contribution is 5.79. The molecule has 3 atom stereocenters. The van der Waals surface area contributed by atoms with Crippen molar-refractivity contribution in [2.45, 2.75) is 71.3 Å². The fraction of sp³-hybridized carbons (Fsp3) is 0.548. The lowest BCUT2D eigenvalue weighted by Crippen LogP contribution is -2.42. The van der Waals surface area contributed by atoms with Crippen LogP contribution >= 0.6 is 0 Å². The second-order valence-corrected chi connectivity index (χ2v) is 10.5. The molecule has 7 heteroatoms. The van der Waals surface area contributed by atoms with Crippen molar-refractivity contribution in [3.05, 3.63) is 59.2 Å². The topological polar surface area (TPSA) is 79.3 Å². The van der Waals surface area contributed by atoms with Gasteiger partial charge in [-0.3, -0.25) is 14.5 Å². The fourth-order valence-electron chi connectivity index (χ4n) is 5.77. The van der Waals surface area contributed by atoms with E-state index in [0.29, 0.717) is 18.0 Å².